The van der Waals surface area contributed by atoms with Crippen LogP contribution in [0.4, 0.5) is 0 Å². The van der Waals surface area contributed by atoms with Crippen LogP contribution in [-0.2, 0) is 36.2 Å². The number of fused-ring (bicyclic) bond motifs is 10. The number of benzene rings is 6. The Morgan fingerprint density at radius 2 is 0.848 bits per heavy atom. The quantitative estimate of drug-likeness (QED) is 0.110. The standard InChI is InChI=1S/2C20H13.4CH3.Si.Zr/c2*1-12-10-14-8-9-16-15-6-2-4-13-5-3-7-17(19(13)15)20(16)18(14)11-12;;;;;;/h2*2-7,9-10H,11H2,1H3;4*1H3;;/q6*-1;;. The van der Waals surface area contributed by atoms with Crippen molar-refractivity contribution >= 4 is 40.6 Å². The summed E-state index contributed by atoms with van der Waals surface area (Å²) in [5.41, 5.74) is 19.5. The summed E-state index contributed by atoms with van der Waals surface area (Å²) in [4.78, 5) is 0. The van der Waals surface area contributed by atoms with E-state index in [4.69, 9.17) is 0 Å². The number of hydrogen-bond donors (Lipinski definition) is 0. The van der Waals surface area contributed by atoms with Crippen LogP contribution in [0.5, 0.6) is 0 Å². The van der Waals surface area contributed by atoms with Gasteiger partial charge in [0.1, 0.15) is 0 Å². The predicted molar refractivity (Wildman–Crippen MR) is 201 cm³/mol. The van der Waals surface area contributed by atoms with Gasteiger partial charge in [-0.25, -0.2) is 0 Å². The minimum atomic E-state index is 0. The van der Waals surface area contributed by atoms with Gasteiger partial charge in [-0.2, -0.15) is 0 Å². The maximum absolute atomic E-state index is 3.48. The molecule has 0 fully saturated rings. The van der Waals surface area contributed by atoms with Crippen LogP contribution in [0.15, 0.2) is 96.1 Å². The third-order valence-corrected chi connectivity index (χ3v) is 9.16. The van der Waals surface area contributed by atoms with Gasteiger partial charge in [-0.05, 0) is 45.5 Å². The third kappa shape index (κ3) is 5.15. The molecule has 10 rings (SSSR count). The Bertz CT molecular complexity index is 2030. The topological polar surface area (TPSA) is 0 Å². The van der Waals surface area contributed by atoms with Gasteiger partial charge in [0.25, 0.3) is 0 Å². The second kappa shape index (κ2) is 13.6. The van der Waals surface area contributed by atoms with E-state index >= 15 is 0 Å². The van der Waals surface area contributed by atoms with Gasteiger partial charge in [-0.3, -0.25) is 0 Å². The Morgan fingerprint density at radius 1 is 0.500 bits per heavy atom. The van der Waals surface area contributed by atoms with E-state index in [2.05, 4.69) is 130 Å². The molecular formula is C44H38SiZr-6. The summed E-state index contributed by atoms with van der Waals surface area (Å²) in [7, 11) is 0. The van der Waals surface area contributed by atoms with Crippen molar-refractivity contribution in [2.24, 2.45) is 0 Å². The van der Waals surface area contributed by atoms with Gasteiger partial charge in [0.2, 0.25) is 0 Å². The van der Waals surface area contributed by atoms with Crippen LogP contribution < -0.4 is 0 Å². The molecule has 4 aliphatic carbocycles. The molecule has 0 heterocycles. The fraction of sp³-hybridized carbons (Fsp3) is 0.0909. The monoisotopic (exact) mass is 684 g/mol. The molecule has 6 aromatic carbocycles. The Morgan fingerprint density at radius 3 is 1.22 bits per heavy atom. The zero-order valence-corrected chi connectivity index (χ0v) is 31.1. The molecule has 0 aromatic heterocycles. The first-order chi connectivity index (χ1) is 20.7. The molecule has 0 N–H and O–H groups in total. The number of rotatable bonds is 0. The predicted octanol–water partition coefficient (Wildman–Crippen LogP) is 11.9. The zero-order chi connectivity index (χ0) is 28.5. The SMILES string of the molecule is CC1=Cc2[c-]cc3c(c2C1)-c1cccc2cccc-3c12.CC1=Cc2[c-]cc3c(c2C1)-c1cccc2cccc-3c12.[CH3-].[CH3-].[CH3-].[CH3-].[Si]=[Zr]. The van der Waals surface area contributed by atoms with Gasteiger partial charge >= 0.3 is 30.2 Å². The summed E-state index contributed by atoms with van der Waals surface area (Å²) in [6, 6.07) is 37.9. The Kier molecular flexibility index (Phi) is 10.5. The second-order valence-corrected chi connectivity index (χ2v) is 11.7. The van der Waals surface area contributed by atoms with Gasteiger partial charge in [0, 0.05) is 0 Å². The van der Waals surface area contributed by atoms with Gasteiger partial charge < -0.3 is 29.7 Å². The van der Waals surface area contributed by atoms with E-state index in [0.29, 0.717) is 0 Å². The van der Waals surface area contributed by atoms with Crippen LogP contribution >= 0.6 is 0 Å². The van der Waals surface area contributed by atoms with E-state index in [1.807, 2.05) is 0 Å². The van der Waals surface area contributed by atoms with Crippen LogP contribution in [-0.4, -0.2) is 6.88 Å². The van der Waals surface area contributed by atoms with E-state index in [1.54, 1.807) is 0 Å². The van der Waals surface area contributed by atoms with Crippen molar-refractivity contribution in [1.82, 2.24) is 0 Å². The first-order valence-electron chi connectivity index (χ1n) is 14.4. The van der Waals surface area contributed by atoms with Crippen molar-refractivity contribution in [3.8, 4) is 44.5 Å². The molecule has 4 aliphatic rings. The molecule has 0 atom stereocenters. The molecule has 0 nitrogen and oxygen atoms in total. The first kappa shape index (κ1) is 35.3. The summed E-state index contributed by atoms with van der Waals surface area (Å²) in [5.74, 6) is 0. The van der Waals surface area contributed by atoms with E-state index in [1.165, 1.54) is 123 Å². The third-order valence-electron chi connectivity index (χ3n) is 9.16. The molecular weight excluding hydrogens is 648 g/mol. The molecule has 2 heteroatoms. The average Bonchev–Trinajstić information content (AvgIpc) is 3.77. The Hall–Kier alpha value is -3.58. The minimum absolute atomic E-state index is 0. The average molecular weight is 686 g/mol. The molecule has 228 valence electrons. The molecule has 6 aromatic rings. The number of hydrogen-bond acceptors (Lipinski definition) is 0. The molecule has 0 spiro atoms. The fourth-order valence-corrected chi connectivity index (χ4v) is 7.58. The summed E-state index contributed by atoms with van der Waals surface area (Å²) in [6.07, 6.45) is 6.69. The van der Waals surface area contributed by atoms with E-state index < -0.39 is 0 Å². The van der Waals surface area contributed by atoms with Crippen molar-refractivity contribution in [3.05, 3.63) is 160 Å². The summed E-state index contributed by atoms with van der Waals surface area (Å²) in [6.45, 7) is 7.48. The van der Waals surface area contributed by atoms with Crippen molar-refractivity contribution < 1.29 is 23.3 Å². The summed E-state index contributed by atoms with van der Waals surface area (Å²) >= 11 is 1.36. The van der Waals surface area contributed by atoms with Crippen LogP contribution in [0.1, 0.15) is 36.1 Å². The van der Waals surface area contributed by atoms with Crippen LogP contribution in [0.25, 0.3) is 78.2 Å². The van der Waals surface area contributed by atoms with Crippen molar-refractivity contribution in [2.45, 2.75) is 26.7 Å². The van der Waals surface area contributed by atoms with Crippen molar-refractivity contribution in [1.29, 1.82) is 0 Å². The summed E-state index contributed by atoms with van der Waals surface area (Å²) < 4.78 is 0. The number of allylic oxidation sites excluding steroid dienone is 2. The molecule has 0 saturated heterocycles. The molecule has 2 radical (unpaired) electrons. The van der Waals surface area contributed by atoms with E-state index in [-0.39, 0.29) is 29.7 Å². The normalized spacial score (nSPS) is 12.5. The van der Waals surface area contributed by atoms with Gasteiger partial charge in [-0.1, -0.05) is 120 Å². The second-order valence-electron chi connectivity index (χ2n) is 11.7. The Balaban J connectivity index is 0.000000183. The van der Waals surface area contributed by atoms with Crippen molar-refractivity contribution in [2.75, 3.05) is 0 Å². The van der Waals surface area contributed by atoms with Crippen molar-refractivity contribution in [3.63, 3.8) is 0 Å². The molecule has 0 amide bonds. The molecule has 0 unspecified atom stereocenters. The zero-order valence-electron chi connectivity index (χ0n) is 27.7. The van der Waals surface area contributed by atoms with Crippen LogP contribution in [0, 0.1) is 41.8 Å². The molecule has 0 bridgehead atoms. The van der Waals surface area contributed by atoms with E-state index in [0.717, 1.165) is 12.8 Å². The summed E-state index contributed by atoms with van der Waals surface area (Å²) in [5, 5.41) is 5.51. The van der Waals surface area contributed by atoms with E-state index in [9.17, 15) is 0 Å². The fourth-order valence-electron chi connectivity index (χ4n) is 7.58. The van der Waals surface area contributed by atoms with Crippen LogP contribution in [0.2, 0.25) is 0 Å². The van der Waals surface area contributed by atoms with Gasteiger partial charge in [0.05, 0.1) is 0 Å². The maximum atomic E-state index is 3.48. The van der Waals surface area contributed by atoms with Gasteiger partial charge in [0.15, 0.2) is 0 Å². The van der Waals surface area contributed by atoms with Crippen LogP contribution in [0.3, 0.4) is 0 Å². The molecule has 46 heavy (non-hydrogen) atoms. The molecule has 0 aliphatic heterocycles. The Labute approximate surface area is 293 Å². The first-order valence-corrected chi connectivity index (χ1v) is 18.6. The van der Waals surface area contributed by atoms with Gasteiger partial charge in [-0.15, -0.1) is 69.8 Å². The molecule has 0 saturated carbocycles.